The summed E-state index contributed by atoms with van der Waals surface area (Å²) in [6.45, 7) is 1.30. The number of nitrogens with two attached hydrogens (primary N) is 1. The molecule has 0 amide bonds. The third-order valence-electron chi connectivity index (χ3n) is 2.19. The molecule has 1 aromatic rings. The number of aryl methyl sites for hydroxylation is 1. The SMILES string of the molecule is Cc1ccc(C(N)C(=O)O)cc1C(F)(F)F. The molecule has 0 bridgehead atoms. The standard InChI is InChI=1S/C10H10F3NO2/c1-5-2-3-6(8(14)9(15)16)4-7(5)10(11,12)13/h2-4,8H,14H2,1H3,(H,15,16). The zero-order valence-electron chi connectivity index (χ0n) is 8.38. The Balaban J connectivity index is 3.23. The van der Waals surface area contributed by atoms with Gasteiger partial charge in [0, 0.05) is 0 Å². The fraction of sp³-hybridized carbons (Fsp3) is 0.300. The van der Waals surface area contributed by atoms with E-state index in [1.807, 2.05) is 0 Å². The van der Waals surface area contributed by atoms with Gasteiger partial charge in [-0.15, -0.1) is 0 Å². The van der Waals surface area contributed by atoms with Gasteiger partial charge in [-0.2, -0.15) is 13.2 Å². The van der Waals surface area contributed by atoms with Gasteiger partial charge in [0.2, 0.25) is 0 Å². The monoisotopic (exact) mass is 233 g/mol. The molecule has 0 aliphatic heterocycles. The lowest BCUT2D eigenvalue weighted by atomic mass is 10.0. The number of rotatable bonds is 2. The van der Waals surface area contributed by atoms with Crippen molar-refractivity contribution < 1.29 is 23.1 Å². The van der Waals surface area contributed by atoms with Gasteiger partial charge in [-0.05, 0) is 24.1 Å². The maximum Gasteiger partial charge on any atom is 0.416 e. The molecule has 0 aliphatic rings. The molecule has 3 nitrogen and oxygen atoms in total. The van der Waals surface area contributed by atoms with Crippen LogP contribution in [0, 0.1) is 6.92 Å². The molecule has 1 rings (SSSR count). The molecular formula is C10H10F3NO2. The highest BCUT2D eigenvalue weighted by molar-refractivity contribution is 5.75. The van der Waals surface area contributed by atoms with Crippen LogP contribution in [-0.2, 0) is 11.0 Å². The Bertz CT molecular complexity index is 415. The van der Waals surface area contributed by atoms with E-state index in [1.165, 1.54) is 19.1 Å². The highest BCUT2D eigenvalue weighted by Gasteiger charge is 2.33. The maximum atomic E-state index is 12.5. The second-order valence-corrected chi connectivity index (χ2v) is 3.39. The van der Waals surface area contributed by atoms with Crippen molar-refractivity contribution in [3.05, 3.63) is 34.9 Å². The Hall–Kier alpha value is -1.56. The average molecular weight is 233 g/mol. The highest BCUT2D eigenvalue weighted by atomic mass is 19.4. The Morgan fingerprint density at radius 3 is 2.44 bits per heavy atom. The minimum absolute atomic E-state index is 0.0360. The first-order valence-corrected chi connectivity index (χ1v) is 4.39. The van der Waals surface area contributed by atoms with E-state index in [0.717, 1.165) is 6.07 Å². The lowest BCUT2D eigenvalue weighted by molar-refractivity contribution is -0.140. The van der Waals surface area contributed by atoms with E-state index >= 15 is 0 Å². The number of hydrogen-bond acceptors (Lipinski definition) is 2. The fourth-order valence-corrected chi connectivity index (χ4v) is 1.28. The molecule has 0 heterocycles. The van der Waals surface area contributed by atoms with Crippen LogP contribution < -0.4 is 5.73 Å². The molecular weight excluding hydrogens is 223 g/mol. The minimum Gasteiger partial charge on any atom is -0.480 e. The molecule has 0 spiro atoms. The summed E-state index contributed by atoms with van der Waals surface area (Å²) < 4.78 is 37.5. The van der Waals surface area contributed by atoms with Crippen LogP contribution in [0.15, 0.2) is 18.2 Å². The van der Waals surface area contributed by atoms with Crippen molar-refractivity contribution in [2.45, 2.75) is 19.1 Å². The number of carboxylic acids is 1. The molecule has 1 aromatic carbocycles. The average Bonchev–Trinajstić information content (AvgIpc) is 2.15. The van der Waals surface area contributed by atoms with Crippen LogP contribution >= 0.6 is 0 Å². The summed E-state index contributed by atoms with van der Waals surface area (Å²) >= 11 is 0. The van der Waals surface area contributed by atoms with Gasteiger partial charge in [0.05, 0.1) is 5.56 Å². The van der Waals surface area contributed by atoms with E-state index in [-0.39, 0.29) is 11.1 Å². The number of aliphatic carboxylic acids is 1. The maximum absolute atomic E-state index is 12.5. The number of halogens is 3. The van der Waals surface area contributed by atoms with E-state index in [1.54, 1.807) is 0 Å². The highest BCUT2D eigenvalue weighted by Crippen LogP contribution is 2.33. The first kappa shape index (κ1) is 12.5. The van der Waals surface area contributed by atoms with Crippen LogP contribution in [-0.4, -0.2) is 11.1 Å². The molecule has 0 saturated heterocycles. The summed E-state index contributed by atoms with van der Waals surface area (Å²) in [6.07, 6.45) is -4.50. The Kier molecular flexibility index (Phi) is 3.23. The second kappa shape index (κ2) is 4.13. The zero-order chi connectivity index (χ0) is 12.5. The minimum atomic E-state index is -4.50. The predicted molar refractivity (Wildman–Crippen MR) is 50.7 cm³/mol. The van der Waals surface area contributed by atoms with E-state index in [0.29, 0.717) is 0 Å². The second-order valence-electron chi connectivity index (χ2n) is 3.39. The summed E-state index contributed by atoms with van der Waals surface area (Å²) in [7, 11) is 0. The molecule has 0 aliphatic carbocycles. The molecule has 16 heavy (non-hydrogen) atoms. The van der Waals surface area contributed by atoms with Gasteiger partial charge in [-0.1, -0.05) is 12.1 Å². The molecule has 0 fully saturated rings. The van der Waals surface area contributed by atoms with E-state index in [2.05, 4.69) is 0 Å². The van der Waals surface area contributed by atoms with Crippen molar-refractivity contribution >= 4 is 5.97 Å². The summed E-state index contributed by atoms with van der Waals surface area (Å²) in [4.78, 5) is 10.5. The van der Waals surface area contributed by atoms with Gasteiger partial charge in [-0.25, -0.2) is 0 Å². The van der Waals surface area contributed by atoms with E-state index in [9.17, 15) is 18.0 Å². The van der Waals surface area contributed by atoms with Gasteiger partial charge >= 0.3 is 12.1 Å². The van der Waals surface area contributed by atoms with E-state index in [4.69, 9.17) is 10.8 Å². The Labute approximate surface area is 89.7 Å². The normalized spacial score (nSPS) is 13.6. The Morgan fingerprint density at radius 1 is 1.44 bits per heavy atom. The third kappa shape index (κ3) is 2.52. The number of benzene rings is 1. The smallest absolute Gasteiger partial charge is 0.416 e. The lowest BCUT2D eigenvalue weighted by Gasteiger charge is -2.13. The van der Waals surface area contributed by atoms with Crippen LogP contribution in [0.5, 0.6) is 0 Å². The number of hydrogen-bond donors (Lipinski definition) is 2. The zero-order valence-corrected chi connectivity index (χ0v) is 8.38. The fourth-order valence-electron chi connectivity index (χ4n) is 1.28. The van der Waals surface area contributed by atoms with Crippen LogP contribution in [0.4, 0.5) is 13.2 Å². The van der Waals surface area contributed by atoms with Crippen molar-refractivity contribution in [1.29, 1.82) is 0 Å². The molecule has 0 aromatic heterocycles. The van der Waals surface area contributed by atoms with Crippen LogP contribution in [0.25, 0.3) is 0 Å². The molecule has 88 valence electrons. The van der Waals surface area contributed by atoms with Gasteiger partial charge in [0.15, 0.2) is 0 Å². The van der Waals surface area contributed by atoms with Gasteiger partial charge in [-0.3, -0.25) is 4.79 Å². The molecule has 0 radical (unpaired) electrons. The van der Waals surface area contributed by atoms with Crippen molar-refractivity contribution in [2.24, 2.45) is 5.73 Å². The summed E-state index contributed by atoms with van der Waals surface area (Å²) in [5.41, 5.74) is 4.35. The first-order valence-electron chi connectivity index (χ1n) is 4.39. The van der Waals surface area contributed by atoms with E-state index < -0.39 is 23.8 Å². The lowest BCUT2D eigenvalue weighted by Crippen LogP contribution is -2.21. The third-order valence-corrected chi connectivity index (χ3v) is 2.19. The summed E-state index contributed by atoms with van der Waals surface area (Å²) in [5, 5.41) is 8.59. The van der Waals surface area contributed by atoms with Crippen LogP contribution in [0.1, 0.15) is 22.7 Å². The number of alkyl halides is 3. The van der Waals surface area contributed by atoms with Gasteiger partial charge < -0.3 is 10.8 Å². The number of carboxylic acid groups (broad SMARTS) is 1. The van der Waals surface area contributed by atoms with Crippen LogP contribution in [0.2, 0.25) is 0 Å². The quantitative estimate of drug-likeness (QED) is 0.822. The largest absolute Gasteiger partial charge is 0.480 e. The van der Waals surface area contributed by atoms with Gasteiger partial charge in [0.25, 0.3) is 0 Å². The molecule has 1 atom stereocenters. The van der Waals surface area contributed by atoms with Crippen molar-refractivity contribution in [2.75, 3.05) is 0 Å². The molecule has 0 saturated carbocycles. The Morgan fingerprint density at radius 2 is 2.00 bits per heavy atom. The number of carbonyl (C=O) groups is 1. The van der Waals surface area contributed by atoms with Crippen molar-refractivity contribution in [3.8, 4) is 0 Å². The molecule has 1 unspecified atom stereocenters. The topological polar surface area (TPSA) is 63.3 Å². The molecule has 6 heteroatoms. The summed E-state index contributed by atoms with van der Waals surface area (Å²) in [5.74, 6) is -1.36. The molecule has 3 N–H and O–H groups in total. The first-order chi connectivity index (χ1) is 7.23. The van der Waals surface area contributed by atoms with Crippen LogP contribution in [0.3, 0.4) is 0 Å². The van der Waals surface area contributed by atoms with Crippen molar-refractivity contribution in [3.63, 3.8) is 0 Å². The van der Waals surface area contributed by atoms with Crippen molar-refractivity contribution in [1.82, 2.24) is 0 Å². The van der Waals surface area contributed by atoms with Gasteiger partial charge in [0.1, 0.15) is 6.04 Å². The predicted octanol–water partition coefficient (Wildman–Crippen LogP) is 2.10. The summed E-state index contributed by atoms with van der Waals surface area (Å²) in [6, 6.07) is 1.82.